The van der Waals surface area contributed by atoms with Crippen LogP contribution in [0.1, 0.15) is 44.0 Å². The van der Waals surface area contributed by atoms with Crippen LogP contribution in [-0.4, -0.2) is 48.9 Å². The Balaban J connectivity index is 0.00000320. The summed E-state index contributed by atoms with van der Waals surface area (Å²) in [6.07, 6.45) is 9.73. The standard InChI is InChI=1S/C23H35N5O.HI/c1-3-24-22(27-19-23(11-7-12-23)13-17-29-2)26-14-10-21-25-15-16-28(21)18-20-8-5-4-6-9-20;/h4-6,8-9,15-16H,3,7,10-14,17-19H2,1-2H3,(H2,24,26,27);1H. The Morgan fingerprint density at radius 1 is 1.23 bits per heavy atom. The van der Waals surface area contributed by atoms with Gasteiger partial charge in [-0.15, -0.1) is 24.0 Å². The molecule has 0 radical (unpaired) electrons. The molecule has 1 fully saturated rings. The number of aromatic nitrogens is 2. The summed E-state index contributed by atoms with van der Waals surface area (Å²) < 4.78 is 7.52. The molecule has 1 aromatic heterocycles. The topological polar surface area (TPSA) is 63.5 Å². The first-order valence-corrected chi connectivity index (χ1v) is 10.8. The van der Waals surface area contributed by atoms with Crippen molar-refractivity contribution in [2.75, 3.05) is 33.4 Å². The maximum atomic E-state index is 5.30. The average Bonchev–Trinajstić information content (AvgIpc) is 3.14. The molecule has 2 aromatic rings. The van der Waals surface area contributed by atoms with Gasteiger partial charge in [0.1, 0.15) is 5.82 Å². The quantitative estimate of drug-likeness (QED) is 0.266. The molecular formula is C23H36IN5O. The third-order valence-electron chi connectivity index (χ3n) is 5.81. The van der Waals surface area contributed by atoms with Crippen LogP contribution in [0.2, 0.25) is 0 Å². The summed E-state index contributed by atoms with van der Waals surface area (Å²) in [7, 11) is 1.78. The highest BCUT2D eigenvalue weighted by molar-refractivity contribution is 14.0. The summed E-state index contributed by atoms with van der Waals surface area (Å²) in [5.74, 6) is 1.99. The summed E-state index contributed by atoms with van der Waals surface area (Å²) >= 11 is 0. The van der Waals surface area contributed by atoms with Crippen molar-refractivity contribution < 1.29 is 4.74 Å². The van der Waals surface area contributed by atoms with Crippen molar-refractivity contribution in [1.29, 1.82) is 0 Å². The fourth-order valence-electron chi connectivity index (χ4n) is 3.86. The van der Waals surface area contributed by atoms with E-state index in [1.165, 1.54) is 24.8 Å². The lowest BCUT2D eigenvalue weighted by atomic mass is 9.67. The number of guanidine groups is 1. The predicted molar refractivity (Wildman–Crippen MR) is 134 cm³/mol. The van der Waals surface area contributed by atoms with Gasteiger partial charge in [0.05, 0.1) is 0 Å². The predicted octanol–water partition coefficient (Wildman–Crippen LogP) is 3.85. The number of halogens is 1. The molecule has 3 rings (SSSR count). The maximum absolute atomic E-state index is 5.30. The first-order valence-electron chi connectivity index (χ1n) is 10.8. The molecule has 1 heterocycles. The molecule has 6 nitrogen and oxygen atoms in total. The van der Waals surface area contributed by atoms with E-state index in [0.717, 1.165) is 57.4 Å². The number of methoxy groups -OCH3 is 1. The Hall–Kier alpha value is -1.61. The highest BCUT2D eigenvalue weighted by Gasteiger charge is 2.36. The van der Waals surface area contributed by atoms with Crippen LogP contribution >= 0.6 is 24.0 Å². The monoisotopic (exact) mass is 525 g/mol. The molecule has 0 spiro atoms. The first-order chi connectivity index (χ1) is 14.2. The molecule has 0 amide bonds. The van der Waals surface area contributed by atoms with E-state index < -0.39 is 0 Å². The van der Waals surface area contributed by atoms with Gasteiger partial charge in [0.2, 0.25) is 0 Å². The smallest absolute Gasteiger partial charge is 0.191 e. The lowest BCUT2D eigenvalue weighted by Gasteiger charge is -2.40. The van der Waals surface area contributed by atoms with E-state index in [-0.39, 0.29) is 24.0 Å². The van der Waals surface area contributed by atoms with Crippen LogP contribution in [0.5, 0.6) is 0 Å². The molecule has 1 aliphatic carbocycles. The van der Waals surface area contributed by atoms with Crippen molar-refractivity contribution in [2.45, 2.75) is 45.6 Å². The number of benzene rings is 1. The average molecular weight is 525 g/mol. The molecular weight excluding hydrogens is 489 g/mol. The van der Waals surface area contributed by atoms with Crippen molar-refractivity contribution in [2.24, 2.45) is 10.4 Å². The second-order valence-corrected chi connectivity index (χ2v) is 7.93. The van der Waals surface area contributed by atoms with Crippen LogP contribution in [-0.2, 0) is 17.7 Å². The Morgan fingerprint density at radius 2 is 2.03 bits per heavy atom. The minimum Gasteiger partial charge on any atom is -0.385 e. The van der Waals surface area contributed by atoms with Crippen LogP contribution in [0.3, 0.4) is 0 Å². The maximum Gasteiger partial charge on any atom is 0.191 e. The lowest BCUT2D eigenvalue weighted by Crippen LogP contribution is -2.41. The van der Waals surface area contributed by atoms with E-state index in [0.29, 0.717) is 5.41 Å². The number of hydrogen-bond donors (Lipinski definition) is 2. The van der Waals surface area contributed by atoms with Gasteiger partial charge in [-0.3, -0.25) is 4.99 Å². The molecule has 0 saturated heterocycles. The Bertz CT molecular complexity index is 758. The molecule has 0 unspecified atom stereocenters. The number of hydrogen-bond acceptors (Lipinski definition) is 3. The molecule has 166 valence electrons. The number of rotatable bonds is 11. The second-order valence-electron chi connectivity index (χ2n) is 7.93. The van der Waals surface area contributed by atoms with E-state index in [2.05, 4.69) is 57.6 Å². The van der Waals surface area contributed by atoms with E-state index >= 15 is 0 Å². The summed E-state index contributed by atoms with van der Waals surface area (Å²) in [5, 5.41) is 6.86. The molecule has 0 aliphatic heterocycles. The van der Waals surface area contributed by atoms with Crippen molar-refractivity contribution in [1.82, 2.24) is 20.2 Å². The highest BCUT2D eigenvalue weighted by atomic mass is 127. The minimum atomic E-state index is 0. The van der Waals surface area contributed by atoms with Crippen LogP contribution in [0.15, 0.2) is 47.7 Å². The van der Waals surface area contributed by atoms with Gasteiger partial charge in [-0.1, -0.05) is 36.8 Å². The second kappa shape index (κ2) is 12.9. The van der Waals surface area contributed by atoms with Gasteiger partial charge in [0.25, 0.3) is 0 Å². The van der Waals surface area contributed by atoms with Gasteiger partial charge in [0.15, 0.2) is 5.96 Å². The van der Waals surface area contributed by atoms with E-state index in [1.54, 1.807) is 7.11 Å². The zero-order valence-electron chi connectivity index (χ0n) is 18.3. The fourth-order valence-corrected chi connectivity index (χ4v) is 3.86. The van der Waals surface area contributed by atoms with Crippen molar-refractivity contribution in [3.8, 4) is 0 Å². The summed E-state index contributed by atoms with van der Waals surface area (Å²) in [5.41, 5.74) is 1.63. The normalized spacial score (nSPS) is 15.2. The molecule has 1 aliphatic rings. The zero-order chi connectivity index (χ0) is 20.4. The van der Waals surface area contributed by atoms with Crippen LogP contribution in [0.25, 0.3) is 0 Å². The van der Waals surface area contributed by atoms with Gasteiger partial charge < -0.3 is 19.9 Å². The minimum absolute atomic E-state index is 0. The van der Waals surface area contributed by atoms with Gasteiger partial charge >= 0.3 is 0 Å². The largest absolute Gasteiger partial charge is 0.385 e. The number of ether oxygens (including phenoxy) is 1. The van der Waals surface area contributed by atoms with Gasteiger partial charge in [-0.2, -0.15) is 0 Å². The lowest BCUT2D eigenvalue weighted by molar-refractivity contribution is 0.0778. The molecule has 30 heavy (non-hydrogen) atoms. The number of imidazole rings is 1. The van der Waals surface area contributed by atoms with Crippen molar-refractivity contribution in [3.63, 3.8) is 0 Å². The van der Waals surface area contributed by atoms with E-state index in [4.69, 9.17) is 9.73 Å². The van der Waals surface area contributed by atoms with E-state index in [1.807, 2.05) is 12.3 Å². The third kappa shape index (κ3) is 7.27. The zero-order valence-corrected chi connectivity index (χ0v) is 20.6. The van der Waals surface area contributed by atoms with Gasteiger partial charge in [-0.05, 0) is 37.2 Å². The first kappa shape index (κ1) is 24.7. The molecule has 0 atom stereocenters. The molecule has 1 aromatic carbocycles. The van der Waals surface area contributed by atoms with Gasteiger partial charge in [0, 0.05) is 58.7 Å². The van der Waals surface area contributed by atoms with E-state index in [9.17, 15) is 0 Å². The van der Waals surface area contributed by atoms with Crippen LogP contribution in [0.4, 0.5) is 0 Å². The Labute approximate surface area is 197 Å². The summed E-state index contributed by atoms with van der Waals surface area (Å²) in [4.78, 5) is 9.43. The number of nitrogens with one attached hydrogen (secondary N) is 2. The third-order valence-corrected chi connectivity index (χ3v) is 5.81. The molecule has 7 heteroatoms. The number of nitrogens with zero attached hydrogens (tertiary/aromatic N) is 3. The fraction of sp³-hybridized carbons (Fsp3) is 0.565. The van der Waals surface area contributed by atoms with Crippen molar-refractivity contribution in [3.05, 3.63) is 54.1 Å². The highest BCUT2D eigenvalue weighted by Crippen LogP contribution is 2.44. The molecule has 2 N–H and O–H groups in total. The van der Waals surface area contributed by atoms with Crippen LogP contribution < -0.4 is 10.6 Å². The SMILES string of the molecule is CCNC(=NCC1(CCOC)CCC1)NCCc1nccn1Cc1ccccc1.I. The number of aliphatic imine (C=N–C) groups is 1. The Kier molecular flexibility index (Phi) is 10.6. The van der Waals surface area contributed by atoms with Crippen molar-refractivity contribution >= 4 is 29.9 Å². The Morgan fingerprint density at radius 3 is 2.70 bits per heavy atom. The molecule has 1 saturated carbocycles. The van der Waals surface area contributed by atoms with Crippen LogP contribution in [0, 0.1) is 5.41 Å². The summed E-state index contributed by atoms with van der Waals surface area (Å²) in [6, 6.07) is 10.5. The van der Waals surface area contributed by atoms with Gasteiger partial charge in [-0.25, -0.2) is 4.98 Å². The summed E-state index contributed by atoms with van der Waals surface area (Å²) in [6.45, 7) is 6.32. The molecule has 0 bridgehead atoms.